The van der Waals surface area contributed by atoms with Crippen LogP contribution >= 0.6 is 35.7 Å². The van der Waals surface area contributed by atoms with Gasteiger partial charge in [-0.15, -0.1) is 24.0 Å². The van der Waals surface area contributed by atoms with Gasteiger partial charge in [-0.1, -0.05) is 25.0 Å². The Morgan fingerprint density at radius 3 is 3.00 bits per heavy atom. The van der Waals surface area contributed by atoms with Crippen molar-refractivity contribution in [1.29, 1.82) is 0 Å². The molecule has 1 aliphatic heterocycles. The predicted molar refractivity (Wildman–Crippen MR) is 112 cm³/mol. The first kappa shape index (κ1) is 21.1. The summed E-state index contributed by atoms with van der Waals surface area (Å²) in [5, 5.41) is 7.90. The second-order valence-electron chi connectivity index (χ2n) is 6.02. The molecule has 2 atom stereocenters. The zero-order valence-electron chi connectivity index (χ0n) is 14.5. The van der Waals surface area contributed by atoms with Gasteiger partial charge in [0, 0.05) is 24.9 Å². The lowest BCUT2D eigenvalue weighted by atomic mass is 9.95. The monoisotopic (exact) mass is 453 g/mol. The highest BCUT2D eigenvalue weighted by Gasteiger charge is 2.22. The second kappa shape index (κ2) is 12.4. The number of nitrogens with one attached hydrogen (secondary N) is 2. The summed E-state index contributed by atoms with van der Waals surface area (Å²) >= 11 is 2.11. The van der Waals surface area contributed by atoms with E-state index in [1.807, 2.05) is 7.05 Å². The summed E-state index contributed by atoms with van der Waals surface area (Å²) in [7, 11) is 1.87. The molecule has 2 N–H and O–H groups in total. The first-order valence-electron chi connectivity index (χ1n) is 8.66. The molecule has 0 saturated heterocycles. The summed E-state index contributed by atoms with van der Waals surface area (Å²) < 4.78 is 5.34. The molecule has 0 spiro atoms. The van der Waals surface area contributed by atoms with Crippen molar-refractivity contribution in [3.05, 3.63) is 11.6 Å². The summed E-state index contributed by atoms with van der Waals surface area (Å²) in [4.78, 5) is 4.38. The largest absolute Gasteiger partial charge is 0.377 e. The third-order valence-corrected chi connectivity index (χ3v) is 5.62. The van der Waals surface area contributed by atoms with Crippen molar-refractivity contribution in [3.8, 4) is 0 Å². The maximum atomic E-state index is 5.34. The van der Waals surface area contributed by atoms with E-state index in [-0.39, 0.29) is 24.0 Å². The molecule has 2 unspecified atom stereocenters. The van der Waals surface area contributed by atoms with Crippen LogP contribution in [0.15, 0.2) is 16.6 Å². The molecule has 2 rings (SSSR count). The average Bonchev–Trinajstić information content (AvgIpc) is 2.55. The van der Waals surface area contributed by atoms with Crippen LogP contribution in [0.3, 0.4) is 0 Å². The van der Waals surface area contributed by atoms with Crippen molar-refractivity contribution in [2.24, 2.45) is 4.99 Å². The molecular formula is C17H32IN3OS. The first-order chi connectivity index (χ1) is 10.8. The van der Waals surface area contributed by atoms with Gasteiger partial charge in [-0.25, -0.2) is 0 Å². The lowest BCUT2D eigenvalue weighted by Gasteiger charge is -2.30. The molecule has 23 heavy (non-hydrogen) atoms. The number of aliphatic imine (C=N–C) groups is 1. The quantitative estimate of drug-likeness (QED) is 0.280. The van der Waals surface area contributed by atoms with E-state index in [0.29, 0.717) is 6.04 Å². The number of hydrogen-bond acceptors (Lipinski definition) is 3. The van der Waals surface area contributed by atoms with Gasteiger partial charge >= 0.3 is 0 Å². The van der Waals surface area contributed by atoms with Gasteiger partial charge in [-0.3, -0.25) is 4.99 Å². The summed E-state index contributed by atoms with van der Waals surface area (Å²) in [6, 6.07) is 0.575. The molecule has 1 saturated carbocycles. The fraction of sp³-hybridized carbons (Fsp3) is 0.824. The first-order valence-corrected chi connectivity index (χ1v) is 9.71. The van der Waals surface area contributed by atoms with Crippen LogP contribution < -0.4 is 10.6 Å². The van der Waals surface area contributed by atoms with Gasteiger partial charge in [0.1, 0.15) is 0 Å². The Balaban J connectivity index is 0.00000264. The standard InChI is InChI=1S/C17H31N3OS.HI/c1-3-22-16-6-4-5-15(13-16)20-17(18-2)19-10-7-14-8-11-21-12-9-14;/h8,15-16H,3-7,9-13H2,1-2H3,(H2,18,19,20);1H. The molecule has 2 aliphatic rings. The minimum absolute atomic E-state index is 0. The Labute approximate surface area is 162 Å². The number of thioether (sulfide) groups is 1. The Morgan fingerprint density at radius 1 is 1.43 bits per heavy atom. The highest BCUT2D eigenvalue weighted by molar-refractivity contribution is 14.0. The fourth-order valence-electron chi connectivity index (χ4n) is 3.19. The van der Waals surface area contributed by atoms with Gasteiger partial charge in [-0.05, 0) is 37.9 Å². The summed E-state index contributed by atoms with van der Waals surface area (Å²) in [5.74, 6) is 2.18. The number of hydrogen-bond donors (Lipinski definition) is 2. The number of ether oxygens (including phenoxy) is 1. The molecule has 4 nitrogen and oxygen atoms in total. The van der Waals surface area contributed by atoms with Gasteiger partial charge in [0.05, 0.1) is 13.2 Å². The number of nitrogens with zero attached hydrogens (tertiary/aromatic N) is 1. The highest BCUT2D eigenvalue weighted by Crippen LogP contribution is 2.28. The maximum absolute atomic E-state index is 5.34. The Morgan fingerprint density at radius 2 is 2.30 bits per heavy atom. The molecule has 0 aromatic heterocycles. The van der Waals surface area contributed by atoms with Crippen LogP contribution in [0.4, 0.5) is 0 Å². The van der Waals surface area contributed by atoms with E-state index in [0.717, 1.165) is 43.8 Å². The minimum Gasteiger partial charge on any atom is -0.377 e. The highest BCUT2D eigenvalue weighted by atomic mass is 127. The van der Waals surface area contributed by atoms with Crippen molar-refractivity contribution in [2.75, 3.05) is 32.6 Å². The van der Waals surface area contributed by atoms with E-state index in [1.165, 1.54) is 37.0 Å². The van der Waals surface area contributed by atoms with Gasteiger partial charge in [-0.2, -0.15) is 11.8 Å². The predicted octanol–water partition coefficient (Wildman–Crippen LogP) is 3.57. The van der Waals surface area contributed by atoms with Crippen molar-refractivity contribution in [1.82, 2.24) is 10.6 Å². The lowest BCUT2D eigenvalue weighted by Crippen LogP contribution is -2.46. The third kappa shape index (κ3) is 8.12. The van der Waals surface area contributed by atoms with E-state index in [4.69, 9.17) is 4.74 Å². The molecule has 0 bridgehead atoms. The average molecular weight is 453 g/mol. The zero-order chi connectivity index (χ0) is 15.6. The zero-order valence-corrected chi connectivity index (χ0v) is 17.6. The molecule has 1 heterocycles. The van der Waals surface area contributed by atoms with Crippen LogP contribution in [0.2, 0.25) is 0 Å². The molecule has 1 aliphatic carbocycles. The Hall–Kier alpha value is 0.0500. The van der Waals surface area contributed by atoms with Gasteiger partial charge in [0.15, 0.2) is 5.96 Å². The summed E-state index contributed by atoms with van der Waals surface area (Å²) in [6.07, 6.45) is 9.62. The van der Waals surface area contributed by atoms with Crippen LogP contribution in [-0.2, 0) is 4.74 Å². The van der Waals surface area contributed by atoms with E-state index in [2.05, 4.69) is 40.4 Å². The van der Waals surface area contributed by atoms with Crippen LogP contribution in [0.5, 0.6) is 0 Å². The topological polar surface area (TPSA) is 45.7 Å². The van der Waals surface area contributed by atoms with Gasteiger partial charge in [0.25, 0.3) is 0 Å². The van der Waals surface area contributed by atoms with Crippen molar-refractivity contribution in [2.45, 2.75) is 56.7 Å². The normalized spacial score (nSPS) is 25.3. The lowest BCUT2D eigenvalue weighted by molar-refractivity contribution is 0.153. The molecule has 0 amide bonds. The van der Waals surface area contributed by atoms with E-state index in [1.54, 1.807) is 0 Å². The van der Waals surface area contributed by atoms with Crippen LogP contribution in [0.25, 0.3) is 0 Å². The van der Waals surface area contributed by atoms with E-state index in [9.17, 15) is 0 Å². The number of rotatable bonds is 6. The van der Waals surface area contributed by atoms with Crippen LogP contribution in [0, 0.1) is 0 Å². The molecule has 0 aromatic rings. The summed E-state index contributed by atoms with van der Waals surface area (Å²) in [6.45, 7) is 4.86. The van der Waals surface area contributed by atoms with Crippen molar-refractivity contribution in [3.63, 3.8) is 0 Å². The second-order valence-corrected chi connectivity index (χ2v) is 7.60. The number of halogens is 1. The molecule has 6 heteroatoms. The third-order valence-electron chi connectivity index (χ3n) is 4.39. The number of guanidine groups is 1. The molecule has 0 radical (unpaired) electrons. The van der Waals surface area contributed by atoms with Crippen LogP contribution in [-0.4, -0.2) is 49.8 Å². The molecule has 1 fully saturated rings. The molecule has 134 valence electrons. The Kier molecular flexibility index (Phi) is 11.4. The van der Waals surface area contributed by atoms with E-state index >= 15 is 0 Å². The Bertz CT molecular complexity index is 388. The maximum Gasteiger partial charge on any atom is 0.191 e. The SMILES string of the molecule is CCSC1CCCC(NC(=NC)NCCC2=CCOCC2)C1.I. The summed E-state index contributed by atoms with van der Waals surface area (Å²) in [5.41, 5.74) is 1.51. The van der Waals surface area contributed by atoms with E-state index < -0.39 is 0 Å². The van der Waals surface area contributed by atoms with Crippen LogP contribution in [0.1, 0.15) is 45.4 Å². The smallest absolute Gasteiger partial charge is 0.191 e. The van der Waals surface area contributed by atoms with Crippen molar-refractivity contribution < 1.29 is 4.74 Å². The molecular weight excluding hydrogens is 421 g/mol. The fourth-order valence-corrected chi connectivity index (χ4v) is 4.36. The van der Waals surface area contributed by atoms with Gasteiger partial charge < -0.3 is 15.4 Å². The molecule has 0 aromatic carbocycles. The minimum atomic E-state index is 0. The van der Waals surface area contributed by atoms with Crippen molar-refractivity contribution >= 4 is 41.7 Å². The van der Waals surface area contributed by atoms with Gasteiger partial charge in [0.2, 0.25) is 0 Å².